The largest absolute Gasteiger partial charge is 0.513 e. The van der Waals surface area contributed by atoms with Crippen LogP contribution >= 0.6 is 23.2 Å². The molecule has 2 N–H and O–H groups in total. The van der Waals surface area contributed by atoms with Crippen LogP contribution in [0.2, 0.25) is 10.0 Å². The number of rotatable bonds is 3. The van der Waals surface area contributed by atoms with E-state index in [0.29, 0.717) is 40.1 Å². The number of aromatic nitrogens is 2. The van der Waals surface area contributed by atoms with Gasteiger partial charge in [0.1, 0.15) is 17.4 Å². The molecule has 4 aromatic rings. The summed E-state index contributed by atoms with van der Waals surface area (Å²) in [5.74, 6) is 1.55. The number of halogens is 4. The fraction of sp³-hybridized carbons (Fsp3) is 0.472. The standard InChI is InChI=1S/C16H13F2N3O2.C7H6Cl2.C7H14O.C3H6O.C2H6.CH4O/c17-14(18)15-19-12-10-5-1-2-6-11(10)23-13(12)16(20-15)21-7-3-4-9(21)8-22;1-5-2-3-6(8)4-7(5)9;1-6-3-4-8-5-7(6)2;1-3(2)4;2*1-2/h1-2,5-6,8-9,14H,3-4,7H2;2-4H,1H3;6-7H,3-5H2,1-2H3;4H,1H2,2H3;1-2H3;2H,1H3/t9-;;6?,7-;;;/m0.0.../s1. The molecular formula is C36H49Cl2F2N3O5. The van der Waals surface area contributed by atoms with Crippen molar-refractivity contribution in [2.75, 3.05) is 31.8 Å². The lowest BCUT2D eigenvalue weighted by Crippen LogP contribution is -2.31. The highest BCUT2D eigenvalue weighted by molar-refractivity contribution is 6.35. The Hall–Kier alpha value is -3.31. The quantitative estimate of drug-likeness (QED) is 0.160. The van der Waals surface area contributed by atoms with Gasteiger partial charge in [0.2, 0.25) is 0 Å². The van der Waals surface area contributed by atoms with Gasteiger partial charge in [0.15, 0.2) is 17.2 Å². The number of aldehydes is 1. The molecular weight excluding hydrogens is 663 g/mol. The van der Waals surface area contributed by atoms with Crippen LogP contribution in [0.5, 0.6) is 0 Å². The Morgan fingerprint density at radius 1 is 1.08 bits per heavy atom. The molecule has 2 fully saturated rings. The summed E-state index contributed by atoms with van der Waals surface area (Å²) in [6.45, 7) is 17.7. The fourth-order valence-corrected chi connectivity index (χ4v) is 5.05. The predicted octanol–water partition coefficient (Wildman–Crippen LogP) is 10.2. The first-order chi connectivity index (χ1) is 22.9. The molecule has 2 aliphatic rings. The number of furan rings is 1. The van der Waals surface area contributed by atoms with Crippen LogP contribution in [0.1, 0.15) is 71.7 Å². The normalized spacial score (nSPS) is 18.0. The predicted molar refractivity (Wildman–Crippen MR) is 193 cm³/mol. The van der Waals surface area contributed by atoms with Gasteiger partial charge in [0, 0.05) is 42.3 Å². The first kappa shape index (κ1) is 42.7. The van der Waals surface area contributed by atoms with Crippen molar-refractivity contribution in [1.82, 2.24) is 9.97 Å². The lowest BCUT2D eigenvalue weighted by Gasteiger charge is -2.24. The average Bonchev–Trinajstić information content (AvgIpc) is 3.71. The summed E-state index contributed by atoms with van der Waals surface area (Å²) < 4.78 is 37.5. The SMILES string of the molecule is C=C(C)O.CC.CC1CCOC[C@@H]1C.CO.Cc1ccc(Cl)cc1Cl.O=C[C@@H]1CCCN1c1nc(C(F)F)nc2c1oc1ccccc12. The Kier molecular flexibility index (Phi) is 19.9. The van der Waals surface area contributed by atoms with Crippen LogP contribution in [0, 0.1) is 18.8 Å². The molecule has 0 saturated carbocycles. The van der Waals surface area contributed by atoms with Crippen molar-refractivity contribution >= 4 is 57.4 Å². The van der Waals surface area contributed by atoms with E-state index in [1.165, 1.54) is 13.3 Å². The molecule has 266 valence electrons. The Balaban J connectivity index is 0.000000380. The van der Waals surface area contributed by atoms with Gasteiger partial charge in [-0.2, -0.15) is 0 Å². The number of ether oxygens (including phenoxy) is 1. The third-order valence-electron chi connectivity index (χ3n) is 7.35. The van der Waals surface area contributed by atoms with E-state index in [9.17, 15) is 13.6 Å². The third-order valence-corrected chi connectivity index (χ3v) is 7.99. The minimum atomic E-state index is -2.79. The minimum absolute atomic E-state index is 0.167. The second-order valence-corrected chi connectivity index (χ2v) is 11.8. The number of fused-ring (bicyclic) bond motifs is 3. The van der Waals surface area contributed by atoms with E-state index in [-0.39, 0.29) is 17.6 Å². The van der Waals surface area contributed by atoms with Crippen LogP contribution in [0.15, 0.2) is 59.2 Å². The highest BCUT2D eigenvalue weighted by Gasteiger charge is 2.30. The Morgan fingerprint density at radius 3 is 2.25 bits per heavy atom. The first-order valence-corrected chi connectivity index (χ1v) is 16.7. The van der Waals surface area contributed by atoms with Crippen LogP contribution in [-0.4, -0.2) is 59.4 Å². The number of hydrogen-bond donors (Lipinski definition) is 2. The van der Waals surface area contributed by atoms with E-state index in [0.717, 1.165) is 55.5 Å². The topological polar surface area (TPSA) is 109 Å². The zero-order valence-corrected chi connectivity index (χ0v) is 30.4. The summed E-state index contributed by atoms with van der Waals surface area (Å²) in [7, 11) is 1.00. The Morgan fingerprint density at radius 2 is 1.73 bits per heavy atom. The maximum Gasteiger partial charge on any atom is 0.297 e. The van der Waals surface area contributed by atoms with Crippen molar-refractivity contribution in [1.29, 1.82) is 0 Å². The Labute approximate surface area is 292 Å². The van der Waals surface area contributed by atoms with Crippen molar-refractivity contribution < 1.29 is 32.9 Å². The summed E-state index contributed by atoms with van der Waals surface area (Å²) in [4.78, 5) is 20.9. The Bertz CT molecular complexity index is 1540. The summed E-state index contributed by atoms with van der Waals surface area (Å²) in [6.07, 6.45) is 0.773. The molecule has 12 heteroatoms. The monoisotopic (exact) mass is 711 g/mol. The van der Waals surface area contributed by atoms with Gasteiger partial charge in [0.25, 0.3) is 6.43 Å². The number of aryl methyl sites for hydroxylation is 1. The number of para-hydroxylation sites is 1. The van der Waals surface area contributed by atoms with Gasteiger partial charge < -0.3 is 29.1 Å². The zero-order chi connectivity index (χ0) is 36.4. The van der Waals surface area contributed by atoms with Crippen LogP contribution in [-0.2, 0) is 9.53 Å². The van der Waals surface area contributed by atoms with Gasteiger partial charge in [-0.25, -0.2) is 18.7 Å². The molecule has 8 nitrogen and oxygen atoms in total. The molecule has 4 heterocycles. The number of aliphatic hydroxyl groups excluding tert-OH is 2. The molecule has 0 aliphatic carbocycles. The number of nitrogens with zero attached hydrogens (tertiary/aromatic N) is 3. The number of carbonyl (C=O) groups is 1. The van der Waals surface area contributed by atoms with E-state index in [1.807, 2.05) is 32.9 Å². The van der Waals surface area contributed by atoms with Crippen molar-refractivity contribution in [3.8, 4) is 0 Å². The summed E-state index contributed by atoms with van der Waals surface area (Å²) in [5.41, 5.74) is 2.33. The second-order valence-electron chi connectivity index (χ2n) is 11.0. The molecule has 0 bridgehead atoms. The summed E-state index contributed by atoms with van der Waals surface area (Å²) in [5, 5.41) is 16.9. The van der Waals surface area contributed by atoms with Gasteiger partial charge in [0.05, 0.1) is 11.8 Å². The average molecular weight is 713 g/mol. The summed E-state index contributed by atoms with van der Waals surface area (Å²) >= 11 is 11.4. The van der Waals surface area contributed by atoms with Crippen molar-refractivity contribution in [3.05, 3.63) is 76.2 Å². The molecule has 1 unspecified atom stereocenters. The number of carbonyl (C=O) groups excluding carboxylic acids is 1. The molecule has 6 rings (SSSR count). The highest BCUT2D eigenvalue weighted by atomic mass is 35.5. The number of anilines is 1. The molecule has 48 heavy (non-hydrogen) atoms. The smallest absolute Gasteiger partial charge is 0.297 e. The first-order valence-electron chi connectivity index (χ1n) is 15.9. The maximum atomic E-state index is 13.2. The third kappa shape index (κ3) is 13.0. The summed E-state index contributed by atoms with van der Waals surface area (Å²) in [6, 6.07) is 12.2. The van der Waals surface area contributed by atoms with Gasteiger partial charge in [-0.3, -0.25) is 0 Å². The van der Waals surface area contributed by atoms with Gasteiger partial charge >= 0.3 is 0 Å². The molecule has 3 atom stereocenters. The molecule has 0 spiro atoms. The fourth-order valence-electron chi connectivity index (χ4n) is 4.64. The molecule has 0 radical (unpaired) electrons. The molecule has 2 saturated heterocycles. The van der Waals surface area contributed by atoms with Gasteiger partial charge in [-0.1, -0.05) is 75.7 Å². The number of allylic oxidation sites excluding steroid dienone is 1. The maximum absolute atomic E-state index is 13.2. The van der Waals surface area contributed by atoms with Crippen molar-refractivity contribution in [3.63, 3.8) is 0 Å². The van der Waals surface area contributed by atoms with Crippen LogP contribution in [0.4, 0.5) is 14.6 Å². The van der Waals surface area contributed by atoms with E-state index in [1.54, 1.807) is 35.2 Å². The molecule has 2 aromatic carbocycles. The van der Waals surface area contributed by atoms with Gasteiger partial charge in [-0.05, 0) is 74.8 Å². The van der Waals surface area contributed by atoms with Crippen LogP contribution < -0.4 is 4.90 Å². The van der Waals surface area contributed by atoms with Crippen LogP contribution in [0.25, 0.3) is 22.1 Å². The zero-order valence-electron chi connectivity index (χ0n) is 28.9. The van der Waals surface area contributed by atoms with E-state index in [2.05, 4.69) is 30.4 Å². The lowest BCUT2D eigenvalue weighted by molar-refractivity contribution is -0.108. The van der Waals surface area contributed by atoms with E-state index >= 15 is 0 Å². The van der Waals surface area contributed by atoms with E-state index < -0.39 is 12.2 Å². The molecule has 2 aromatic heterocycles. The highest BCUT2D eigenvalue weighted by Crippen LogP contribution is 2.36. The van der Waals surface area contributed by atoms with E-state index in [4.69, 9.17) is 42.6 Å². The van der Waals surface area contributed by atoms with Gasteiger partial charge in [-0.15, -0.1) is 0 Å². The number of benzene rings is 2. The number of aliphatic hydroxyl groups is 2. The minimum Gasteiger partial charge on any atom is -0.513 e. The van der Waals surface area contributed by atoms with Crippen molar-refractivity contribution in [2.24, 2.45) is 11.8 Å². The second kappa shape index (κ2) is 22.3. The number of alkyl halides is 2. The lowest BCUT2D eigenvalue weighted by atomic mass is 9.92. The van der Waals surface area contributed by atoms with Crippen molar-refractivity contribution in [2.45, 2.75) is 73.3 Å². The number of hydrogen-bond acceptors (Lipinski definition) is 8. The molecule has 2 aliphatic heterocycles. The van der Waals surface area contributed by atoms with Crippen LogP contribution in [0.3, 0.4) is 0 Å². The molecule has 0 amide bonds.